The van der Waals surface area contributed by atoms with E-state index in [-0.39, 0.29) is 17.9 Å². The third-order valence-electron chi connectivity index (χ3n) is 6.96. The number of aromatic hydroxyl groups is 1. The van der Waals surface area contributed by atoms with Crippen LogP contribution in [0.1, 0.15) is 73.9 Å². The van der Waals surface area contributed by atoms with Crippen molar-refractivity contribution in [2.75, 3.05) is 11.9 Å². The zero-order valence-electron chi connectivity index (χ0n) is 24.4. The molecule has 3 aromatic carbocycles. The molecular formula is C32H37N5O6. The summed E-state index contributed by atoms with van der Waals surface area (Å²) in [6.07, 6.45) is 7.47. The average Bonchev–Trinajstić information content (AvgIpc) is 3.43. The van der Waals surface area contributed by atoms with Gasteiger partial charge in [0, 0.05) is 17.8 Å². The van der Waals surface area contributed by atoms with Crippen LogP contribution in [0, 0.1) is 0 Å². The zero-order valence-corrected chi connectivity index (χ0v) is 24.4. The van der Waals surface area contributed by atoms with Gasteiger partial charge in [0.2, 0.25) is 0 Å². The standard InChI is InChI=1S/C32H37N5O6/c1-3-5-6-7-8-9-10-21-17-23(20-33-30(39)31(40)34-24-12-14-25(15-13-24)43-4-2)29(38)28(18-21)37-35-26-16-11-22(32(41)42)19-27(26)36-37/h11-19,38H,3-10,20H2,1-2H3,(H,33,39)(H,34,40)(H,41,42). The van der Waals surface area contributed by atoms with Crippen molar-refractivity contribution < 1.29 is 29.3 Å². The van der Waals surface area contributed by atoms with Gasteiger partial charge in [-0.05, 0) is 73.9 Å². The van der Waals surface area contributed by atoms with Gasteiger partial charge in [-0.15, -0.1) is 15.0 Å². The Bertz CT molecular complexity index is 1580. The Kier molecular flexibility index (Phi) is 10.7. The van der Waals surface area contributed by atoms with Crippen molar-refractivity contribution in [3.63, 3.8) is 0 Å². The normalized spacial score (nSPS) is 10.9. The molecule has 0 aliphatic carbocycles. The highest BCUT2D eigenvalue weighted by atomic mass is 16.5. The van der Waals surface area contributed by atoms with Crippen LogP contribution in [0.15, 0.2) is 54.6 Å². The number of fused-ring (bicyclic) bond motifs is 1. The largest absolute Gasteiger partial charge is 0.505 e. The SMILES string of the molecule is CCCCCCCCc1cc(CNC(=O)C(=O)Nc2ccc(OCC)cc2)c(O)c(-n2nc3ccc(C(=O)O)cc3n2)c1. The number of benzene rings is 3. The van der Waals surface area contributed by atoms with Crippen molar-refractivity contribution in [3.05, 3.63) is 71.3 Å². The Morgan fingerprint density at radius 1 is 0.860 bits per heavy atom. The number of carbonyl (C=O) groups is 3. The average molecular weight is 588 g/mol. The third kappa shape index (κ3) is 8.31. The Hall–Kier alpha value is -4.93. The molecule has 0 unspecified atom stereocenters. The van der Waals surface area contributed by atoms with Crippen molar-refractivity contribution in [3.8, 4) is 17.2 Å². The van der Waals surface area contributed by atoms with Crippen LogP contribution in [0.4, 0.5) is 5.69 Å². The van der Waals surface area contributed by atoms with Crippen LogP contribution < -0.4 is 15.4 Å². The quantitative estimate of drug-likeness (QED) is 0.113. The van der Waals surface area contributed by atoms with E-state index in [1.54, 1.807) is 42.5 Å². The fraction of sp³-hybridized carbons (Fsp3) is 0.344. The summed E-state index contributed by atoms with van der Waals surface area (Å²) in [6.45, 7) is 4.46. The number of anilines is 1. The van der Waals surface area contributed by atoms with Gasteiger partial charge in [-0.2, -0.15) is 0 Å². The lowest BCUT2D eigenvalue weighted by Gasteiger charge is -2.14. The van der Waals surface area contributed by atoms with Crippen molar-refractivity contribution in [1.82, 2.24) is 20.3 Å². The maximum atomic E-state index is 12.6. The predicted molar refractivity (Wildman–Crippen MR) is 163 cm³/mol. The van der Waals surface area contributed by atoms with E-state index >= 15 is 0 Å². The summed E-state index contributed by atoms with van der Waals surface area (Å²) in [7, 11) is 0. The molecule has 0 atom stereocenters. The van der Waals surface area contributed by atoms with Crippen molar-refractivity contribution in [2.24, 2.45) is 0 Å². The molecule has 11 nitrogen and oxygen atoms in total. The topological polar surface area (TPSA) is 156 Å². The first kappa shape index (κ1) is 31.0. The van der Waals surface area contributed by atoms with Crippen molar-refractivity contribution in [2.45, 2.75) is 65.3 Å². The number of hydrogen-bond donors (Lipinski definition) is 4. The fourth-order valence-electron chi connectivity index (χ4n) is 4.68. The van der Waals surface area contributed by atoms with Gasteiger partial charge in [-0.25, -0.2) is 4.79 Å². The van der Waals surface area contributed by atoms with E-state index in [0.717, 1.165) is 31.2 Å². The maximum Gasteiger partial charge on any atom is 0.335 e. The van der Waals surface area contributed by atoms with Crippen LogP contribution in [0.3, 0.4) is 0 Å². The van der Waals surface area contributed by atoms with E-state index in [1.165, 1.54) is 36.2 Å². The van der Waals surface area contributed by atoms with E-state index in [0.29, 0.717) is 40.3 Å². The first-order valence-electron chi connectivity index (χ1n) is 14.6. The number of hydrogen-bond acceptors (Lipinski definition) is 7. The smallest absolute Gasteiger partial charge is 0.335 e. The van der Waals surface area contributed by atoms with E-state index in [1.807, 2.05) is 6.92 Å². The summed E-state index contributed by atoms with van der Waals surface area (Å²) < 4.78 is 5.39. The number of ether oxygens (including phenoxy) is 1. The minimum atomic E-state index is -1.08. The molecule has 11 heteroatoms. The summed E-state index contributed by atoms with van der Waals surface area (Å²) in [5.41, 5.74) is 2.95. The number of aromatic carboxylic acids is 1. The van der Waals surface area contributed by atoms with Gasteiger partial charge >= 0.3 is 17.8 Å². The van der Waals surface area contributed by atoms with Crippen LogP contribution in [0.25, 0.3) is 16.7 Å². The van der Waals surface area contributed by atoms with E-state index in [4.69, 9.17) is 4.74 Å². The van der Waals surface area contributed by atoms with Crippen LogP contribution in [-0.2, 0) is 22.6 Å². The van der Waals surface area contributed by atoms with Gasteiger partial charge in [0.05, 0.1) is 12.2 Å². The summed E-state index contributed by atoms with van der Waals surface area (Å²) in [5, 5.41) is 34.5. The van der Waals surface area contributed by atoms with Crippen LogP contribution in [0.5, 0.6) is 11.5 Å². The van der Waals surface area contributed by atoms with Crippen LogP contribution >= 0.6 is 0 Å². The summed E-state index contributed by atoms with van der Waals surface area (Å²) in [4.78, 5) is 37.8. The number of carboxylic acid groups (broad SMARTS) is 1. The monoisotopic (exact) mass is 587 g/mol. The second-order valence-corrected chi connectivity index (χ2v) is 10.2. The van der Waals surface area contributed by atoms with E-state index in [2.05, 4.69) is 27.8 Å². The number of amides is 2. The number of carboxylic acids is 1. The molecule has 0 aliphatic rings. The molecule has 0 fully saturated rings. The molecule has 43 heavy (non-hydrogen) atoms. The second kappa shape index (κ2) is 14.8. The zero-order chi connectivity index (χ0) is 30.8. The van der Waals surface area contributed by atoms with E-state index < -0.39 is 17.8 Å². The first-order valence-corrected chi connectivity index (χ1v) is 14.6. The molecule has 0 aliphatic heterocycles. The third-order valence-corrected chi connectivity index (χ3v) is 6.96. The van der Waals surface area contributed by atoms with Crippen molar-refractivity contribution >= 4 is 34.5 Å². The molecule has 0 saturated carbocycles. The number of rotatable bonds is 14. The number of aromatic nitrogens is 3. The Labute approximate surface area is 249 Å². The highest BCUT2D eigenvalue weighted by Crippen LogP contribution is 2.29. The number of nitrogens with one attached hydrogen (secondary N) is 2. The molecule has 2 amide bonds. The molecule has 4 N–H and O–H groups in total. The molecular weight excluding hydrogens is 550 g/mol. The Morgan fingerprint density at radius 3 is 2.30 bits per heavy atom. The predicted octanol–water partition coefficient (Wildman–Crippen LogP) is 5.38. The Balaban J connectivity index is 1.52. The van der Waals surface area contributed by atoms with Gasteiger partial charge in [-0.1, -0.05) is 45.1 Å². The number of phenolic OH excluding ortho intramolecular Hbond substituents is 1. The molecule has 1 heterocycles. The highest BCUT2D eigenvalue weighted by molar-refractivity contribution is 6.39. The number of carbonyl (C=O) groups excluding carboxylic acids is 2. The number of phenols is 1. The highest BCUT2D eigenvalue weighted by Gasteiger charge is 2.19. The molecule has 0 radical (unpaired) electrons. The lowest BCUT2D eigenvalue weighted by molar-refractivity contribution is -0.136. The second-order valence-electron chi connectivity index (χ2n) is 10.2. The molecule has 226 valence electrons. The van der Waals surface area contributed by atoms with Gasteiger partial charge in [0.1, 0.15) is 28.2 Å². The molecule has 0 spiro atoms. The lowest BCUT2D eigenvalue weighted by Crippen LogP contribution is -2.35. The number of unbranched alkanes of at least 4 members (excludes halogenated alkanes) is 5. The first-order chi connectivity index (χ1) is 20.8. The van der Waals surface area contributed by atoms with Crippen LogP contribution in [-0.4, -0.2) is 49.6 Å². The molecule has 1 aromatic heterocycles. The lowest BCUT2D eigenvalue weighted by atomic mass is 10.0. The summed E-state index contributed by atoms with van der Waals surface area (Å²) >= 11 is 0. The van der Waals surface area contributed by atoms with Crippen molar-refractivity contribution in [1.29, 1.82) is 0 Å². The fourth-order valence-corrected chi connectivity index (χ4v) is 4.68. The van der Waals surface area contributed by atoms with Gasteiger partial charge in [0.15, 0.2) is 0 Å². The maximum absolute atomic E-state index is 12.6. The minimum Gasteiger partial charge on any atom is -0.505 e. The van der Waals surface area contributed by atoms with Gasteiger partial charge in [0.25, 0.3) is 0 Å². The molecule has 4 aromatic rings. The number of aryl methyl sites for hydroxylation is 1. The van der Waals surface area contributed by atoms with E-state index in [9.17, 15) is 24.6 Å². The molecule has 4 rings (SSSR count). The number of nitrogens with zero attached hydrogens (tertiary/aromatic N) is 3. The summed E-state index contributed by atoms with van der Waals surface area (Å²) in [6, 6.07) is 14.7. The molecule has 0 saturated heterocycles. The minimum absolute atomic E-state index is 0.0764. The van der Waals surface area contributed by atoms with Crippen LogP contribution in [0.2, 0.25) is 0 Å². The summed E-state index contributed by atoms with van der Waals surface area (Å²) in [5.74, 6) is -2.29. The van der Waals surface area contributed by atoms with Gasteiger partial charge in [-0.3, -0.25) is 9.59 Å². The Morgan fingerprint density at radius 2 is 1.58 bits per heavy atom. The molecule has 0 bridgehead atoms. The van der Waals surface area contributed by atoms with Gasteiger partial charge < -0.3 is 25.6 Å².